The van der Waals surface area contributed by atoms with Gasteiger partial charge in [-0.1, -0.05) is 39.0 Å². The second-order valence-electron chi connectivity index (χ2n) is 3.85. The van der Waals surface area contributed by atoms with Crippen LogP contribution in [0.2, 0.25) is 0 Å². The first-order valence-corrected chi connectivity index (χ1v) is 5.69. The van der Waals surface area contributed by atoms with Gasteiger partial charge in [0.05, 0.1) is 6.10 Å². The summed E-state index contributed by atoms with van der Waals surface area (Å²) in [6, 6.07) is 0. The molecule has 0 saturated carbocycles. The van der Waals surface area contributed by atoms with Gasteiger partial charge in [-0.05, 0) is 13.3 Å². The third-order valence-corrected chi connectivity index (χ3v) is 2.38. The molecule has 2 nitrogen and oxygen atoms in total. The number of hydrogen-bond donors (Lipinski definition) is 1. The molecule has 0 fully saturated rings. The van der Waals surface area contributed by atoms with Crippen molar-refractivity contribution in [2.24, 2.45) is 0 Å². The van der Waals surface area contributed by atoms with Crippen molar-refractivity contribution < 1.29 is 9.90 Å². The van der Waals surface area contributed by atoms with Gasteiger partial charge < -0.3 is 5.11 Å². The molecule has 0 rings (SSSR count). The molecule has 2 heteroatoms. The molecule has 83 valence electrons. The van der Waals surface area contributed by atoms with Crippen molar-refractivity contribution in [3.8, 4) is 0 Å². The minimum absolute atomic E-state index is 0.0612. The standard InChI is InChI=1S/C12H23O2/c1-3-5-6-7-8-9-12(14)10-11(13)4-2/h12,14H,2-10H2,1H3. The van der Waals surface area contributed by atoms with Crippen LogP contribution in [0.4, 0.5) is 0 Å². The number of rotatable bonds is 9. The maximum absolute atomic E-state index is 10.9. The molecular formula is C12H23O2. The van der Waals surface area contributed by atoms with Gasteiger partial charge in [-0.3, -0.25) is 4.79 Å². The summed E-state index contributed by atoms with van der Waals surface area (Å²) >= 11 is 0. The molecule has 0 amide bonds. The van der Waals surface area contributed by atoms with Crippen molar-refractivity contribution in [3.05, 3.63) is 6.92 Å². The molecule has 0 spiro atoms. The summed E-state index contributed by atoms with van der Waals surface area (Å²) in [4.78, 5) is 10.9. The van der Waals surface area contributed by atoms with Gasteiger partial charge >= 0.3 is 0 Å². The summed E-state index contributed by atoms with van der Waals surface area (Å²) in [5.41, 5.74) is 0. The van der Waals surface area contributed by atoms with Crippen molar-refractivity contribution in [3.63, 3.8) is 0 Å². The molecule has 1 unspecified atom stereocenters. The van der Waals surface area contributed by atoms with Crippen molar-refractivity contribution in [1.82, 2.24) is 0 Å². The zero-order valence-electron chi connectivity index (χ0n) is 9.30. The van der Waals surface area contributed by atoms with Gasteiger partial charge in [0, 0.05) is 12.8 Å². The topological polar surface area (TPSA) is 37.3 Å². The van der Waals surface area contributed by atoms with Gasteiger partial charge in [-0.2, -0.15) is 0 Å². The first-order chi connectivity index (χ1) is 6.70. The fourth-order valence-corrected chi connectivity index (χ4v) is 1.45. The van der Waals surface area contributed by atoms with Gasteiger partial charge in [0.15, 0.2) is 0 Å². The monoisotopic (exact) mass is 199 g/mol. The number of unbranched alkanes of at least 4 members (excludes halogenated alkanes) is 4. The highest BCUT2D eigenvalue weighted by atomic mass is 16.3. The minimum atomic E-state index is -0.439. The largest absolute Gasteiger partial charge is 0.393 e. The lowest BCUT2D eigenvalue weighted by Crippen LogP contribution is -2.12. The summed E-state index contributed by atoms with van der Waals surface area (Å²) in [5, 5.41) is 9.46. The Labute approximate surface area is 87.7 Å². The quantitative estimate of drug-likeness (QED) is 0.580. The Morgan fingerprint density at radius 3 is 2.50 bits per heavy atom. The highest BCUT2D eigenvalue weighted by Gasteiger charge is 2.08. The molecule has 0 aliphatic rings. The Hall–Kier alpha value is -0.370. The number of carbonyl (C=O) groups is 1. The molecule has 0 heterocycles. The average molecular weight is 199 g/mol. The normalized spacial score (nSPS) is 12.8. The van der Waals surface area contributed by atoms with Crippen LogP contribution in [-0.2, 0) is 4.79 Å². The van der Waals surface area contributed by atoms with E-state index in [1.54, 1.807) is 0 Å². The first-order valence-electron chi connectivity index (χ1n) is 5.69. The average Bonchev–Trinajstić information content (AvgIpc) is 2.17. The van der Waals surface area contributed by atoms with Crippen LogP contribution in [0, 0.1) is 6.92 Å². The first kappa shape index (κ1) is 13.6. The summed E-state index contributed by atoms with van der Waals surface area (Å²) in [5.74, 6) is 0.0612. The van der Waals surface area contributed by atoms with E-state index in [1.807, 2.05) is 0 Å². The van der Waals surface area contributed by atoms with Crippen LogP contribution in [-0.4, -0.2) is 17.0 Å². The summed E-state index contributed by atoms with van der Waals surface area (Å²) < 4.78 is 0. The van der Waals surface area contributed by atoms with Gasteiger partial charge in [-0.25, -0.2) is 0 Å². The summed E-state index contributed by atoms with van der Waals surface area (Å²) in [6.45, 7) is 5.68. The van der Waals surface area contributed by atoms with E-state index in [9.17, 15) is 9.90 Å². The third kappa shape index (κ3) is 8.24. The predicted molar refractivity (Wildman–Crippen MR) is 59.0 cm³/mol. The van der Waals surface area contributed by atoms with Crippen molar-refractivity contribution in [1.29, 1.82) is 0 Å². The Bertz CT molecular complexity index is 143. The molecule has 0 aromatic carbocycles. The van der Waals surface area contributed by atoms with E-state index in [0.29, 0.717) is 6.42 Å². The Morgan fingerprint density at radius 2 is 1.93 bits per heavy atom. The lowest BCUT2D eigenvalue weighted by molar-refractivity contribution is -0.120. The van der Waals surface area contributed by atoms with Gasteiger partial charge in [0.2, 0.25) is 0 Å². The molecule has 1 atom stereocenters. The van der Waals surface area contributed by atoms with E-state index in [0.717, 1.165) is 12.8 Å². The summed E-state index contributed by atoms with van der Waals surface area (Å²) in [6.07, 6.45) is 6.86. The number of carbonyl (C=O) groups excluding carboxylic acids is 1. The number of Topliss-reactive ketones (excluding diaryl/α,β-unsaturated/α-hetero) is 1. The van der Waals surface area contributed by atoms with E-state index in [-0.39, 0.29) is 12.2 Å². The Balaban J connectivity index is 3.26. The van der Waals surface area contributed by atoms with Crippen LogP contribution in [0.25, 0.3) is 0 Å². The van der Waals surface area contributed by atoms with E-state index in [1.165, 1.54) is 25.7 Å². The van der Waals surface area contributed by atoms with E-state index >= 15 is 0 Å². The van der Waals surface area contributed by atoms with Crippen molar-refractivity contribution >= 4 is 5.78 Å². The smallest absolute Gasteiger partial charge is 0.135 e. The Kier molecular flexibility index (Phi) is 8.95. The van der Waals surface area contributed by atoms with Crippen LogP contribution >= 0.6 is 0 Å². The van der Waals surface area contributed by atoms with Crippen LogP contribution in [0.3, 0.4) is 0 Å². The number of ketones is 1. The van der Waals surface area contributed by atoms with Crippen LogP contribution in [0.5, 0.6) is 0 Å². The molecule has 0 aromatic rings. The van der Waals surface area contributed by atoms with Gasteiger partial charge in [0.1, 0.15) is 5.78 Å². The highest BCUT2D eigenvalue weighted by molar-refractivity contribution is 5.79. The molecule has 0 aliphatic carbocycles. The van der Waals surface area contributed by atoms with E-state index in [4.69, 9.17) is 0 Å². The molecular weight excluding hydrogens is 176 g/mol. The van der Waals surface area contributed by atoms with Crippen molar-refractivity contribution in [2.75, 3.05) is 0 Å². The fraction of sp³-hybridized carbons (Fsp3) is 0.833. The fourth-order valence-electron chi connectivity index (χ4n) is 1.45. The molecule has 14 heavy (non-hydrogen) atoms. The molecule has 0 aliphatic heterocycles. The molecule has 0 saturated heterocycles. The third-order valence-electron chi connectivity index (χ3n) is 2.38. The SMILES string of the molecule is [CH2]CC(=O)CC(O)CCCCCCC. The zero-order valence-corrected chi connectivity index (χ0v) is 9.30. The van der Waals surface area contributed by atoms with Gasteiger partial charge in [-0.15, -0.1) is 0 Å². The zero-order chi connectivity index (χ0) is 10.8. The number of hydrogen-bond acceptors (Lipinski definition) is 2. The highest BCUT2D eigenvalue weighted by Crippen LogP contribution is 2.09. The van der Waals surface area contributed by atoms with E-state index in [2.05, 4.69) is 13.8 Å². The second kappa shape index (κ2) is 9.20. The number of aliphatic hydroxyl groups excluding tert-OH is 1. The lowest BCUT2D eigenvalue weighted by atomic mass is 10.0. The predicted octanol–water partition coefficient (Wildman–Crippen LogP) is 2.89. The lowest BCUT2D eigenvalue weighted by Gasteiger charge is -2.08. The van der Waals surface area contributed by atoms with Crippen LogP contribution < -0.4 is 0 Å². The maximum atomic E-state index is 10.9. The molecule has 1 N–H and O–H groups in total. The summed E-state index contributed by atoms with van der Waals surface area (Å²) in [7, 11) is 0. The Morgan fingerprint density at radius 1 is 1.29 bits per heavy atom. The van der Waals surface area contributed by atoms with Crippen LogP contribution in [0.1, 0.15) is 58.3 Å². The minimum Gasteiger partial charge on any atom is -0.393 e. The van der Waals surface area contributed by atoms with Crippen LogP contribution in [0.15, 0.2) is 0 Å². The van der Waals surface area contributed by atoms with Gasteiger partial charge in [0.25, 0.3) is 0 Å². The molecule has 0 bridgehead atoms. The number of aliphatic hydroxyl groups is 1. The second-order valence-corrected chi connectivity index (χ2v) is 3.85. The van der Waals surface area contributed by atoms with Crippen molar-refractivity contribution in [2.45, 2.75) is 64.4 Å². The maximum Gasteiger partial charge on any atom is 0.135 e. The molecule has 0 aromatic heterocycles. The molecule has 1 radical (unpaired) electrons. The van der Waals surface area contributed by atoms with E-state index < -0.39 is 6.10 Å².